The monoisotopic (exact) mass is 783 g/mol. The Morgan fingerprint density at radius 1 is 0.230 bits per heavy atom. The topological polar surface area (TPSA) is 61.3 Å². The number of hydrogen-bond donors (Lipinski definition) is 0. The lowest BCUT2D eigenvalue weighted by Gasteiger charge is -2.26. The lowest BCUT2D eigenvalue weighted by molar-refractivity contribution is 1.13. The number of anilines is 9. The third-order valence-corrected chi connectivity index (χ3v) is 11.2. The second-order valence-corrected chi connectivity index (χ2v) is 14.8. The first kappa shape index (κ1) is 35.7. The van der Waals surface area contributed by atoms with Gasteiger partial charge in [-0.15, -0.1) is 0 Å². The van der Waals surface area contributed by atoms with Crippen LogP contribution in [0.1, 0.15) is 0 Å². The highest BCUT2D eigenvalue weighted by molar-refractivity contribution is 6.11. The van der Waals surface area contributed by atoms with Crippen LogP contribution in [0.4, 0.5) is 51.7 Å². The second kappa shape index (κ2) is 15.4. The predicted octanol–water partition coefficient (Wildman–Crippen LogP) is 14.3. The third kappa shape index (κ3) is 6.70. The highest BCUT2D eigenvalue weighted by Crippen LogP contribution is 2.42. The summed E-state index contributed by atoms with van der Waals surface area (Å²) in [5.74, 6) is 3.25. The van der Waals surface area contributed by atoms with E-state index < -0.39 is 0 Å². The van der Waals surface area contributed by atoms with E-state index in [4.69, 9.17) is 0 Å². The van der Waals surface area contributed by atoms with Gasteiger partial charge in [-0.1, -0.05) is 91.0 Å². The maximum absolute atomic E-state index is 4.67. The molecule has 0 saturated heterocycles. The molecule has 0 aliphatic carbocycles. The zero-order valence-corrected chi connectivity index (χ0v) is 33.0. The molecule has 7 heteroatoms. The van der Waals surface area contributed by atoms with Gasteiger partial charge in [-0.3, -0.25) is 9.80 Å². The van der Waals surface area contributed by atoms with E-state index in [-0.39, 0.29) is 0 Å². The Labute approximate surface area is 353 Å². The van der Waals surface area contributed by atoms with Gasteiger partial charge in [0.1, 0.15) is 23.3 Å². The number of aromatic nitrogens is 4. The van der Waals surface area contributed by atoms with Gasteiger partial charge in [0, 0.05) is 53.2 Å². The first-order chi connectivity index (χ1) is 30.2. The van der Waals surface area contributed by atoms with Crippen LogP contribution in [0.5, 0.6) is 0 Å². The molecule has 0 bridgehead atoms. The minimum absolute atomic E-state index is 0.813. The number of pyridine rings is 4. The zero-order valence-electron chi connectivity index (χ0n) is 33.0. The fraction of sp³-hybridized carbons (Fsp3) is 0. The molecule has 7 aromatic carbocycles. The number of benzene rings is 7. The number of rotatable bonds is 9. The molecule has 0 saturated carbocycles. The summed E-state index contributed by atoms with van der Waals surface area (Å²) in [4.78, 5) is 25.2. The van der Waals surface area contributed by atoms with Gasteiger partial charge in [0.25, 0.3) is 0 Å². The summed E-state index contributed by atoms with van der Waals surface area (Å²) in [5.41, 5.74) is 5.25. The van der Waals surface area contributed by atoms with E-state index in [1.165, 1.54) is 21.5 Å². The van der Waals surface area contributed by atoms with E-state index in [1.54, 1.807) is 0 Å². The van der Waals surface area contributed by atoms with Gasteiger partial charge in [0.15, 0.2) is 0 Å². The highest BCUT2D eigenvalue weighted by atomic mass is 15.2. The summed E-state index contributed by atoms with van der Waals surface area (Å²) in [7, 11) is 0. The fourth-order valence-electron chi connectivity index (χ4n) is 8.38. The Hall–Kier alpha value is -8.42. The minimum atomic E-state index is 0.813. The largest absolute Gasteiger partial charge is 0.310 e. The molecule has 7 nitrogen and oxygen atoms in total. The van der Waals surface area contributed by atoms with Gasteiger partial charge in [-0.05, 0) is 152 Å². The van der Waals surface area contributed by atoms with Crippen LogP contribution in [-0.4, -0.2) is 19.9 Å². The molecule has 4 aromatic heterocycles. The molecule has 0 amide bonds. The SMILES string of the molecule is c1ccc(N(c2ccc3c(ccc4cc(N(c5ccccn5)c5ccccn5)ccc43)c2)c2ccc3c(ccc4cc(N(c5ccccn5)c5ccccn5)ccc43)c2)cc1. The Bertz CT molecular complexity index is 3030. The van der Waals surface area contributed by atoms with Crippen molar-refractivity contribution >= 4 is 94.8 Å². The molecule has 0 N–H and O–H groups in total. The molecule has 4 heterocycles. The standard InChI is InChI=1S/C54H37N7/c1-2-12-42(13-3-1)59(43-22-26-47-38(34-43)18-20-40-36-45(24-28-49(40)47)60(51-14-4-8-30-55-51)52-15-5-9-31-56-52)44-23-27-48-39(35-44)19-21-41-37-46(25-29-50(41)48)61(53-16-6-10-32-57-53)54-17-7-11-33-58-54/h1-37H. The quantitative estimate of drug-likeness (QED) is 0.135. The van der Waals surface area contributed by atoms with Crippen molar-refractivity contribution in [2.24, 2.45) is 0 Å². The van der Waals surface area contributed by atoms with Gasteiger partial charge >= 0.3 is 0 Å². The van der Waals surface area contributed by atoms with Gasteiger partial charge < -0.3 is 4.90 Å². The van der Waals surface area contributed by atoms with Crippen molar-refractivity contribution in [1.29, 1.82) is 0 Å². The first-order valence-corrected chi connectivity index (χ1v) is 20.3. The second-order valence-electron chi connectivity index (χ2n) is 14.8. The smallest absolute Gasteiger partial charge is 0.138 e. The Balaban J connectivity index is 0.967. The maximum atomic E-state index is 4.67. The number of nitrogens with zero attached hydrogens (tertiary/aromatic N) is 7. The Morgan fingerprint density at radius 2 is 0.525 bits per heavy atom. The molecule has 11 aromatic rings. The normalized spacial score (nSPS) is 11.3. The van der Waals surface area contributed by atoms with Crippen LogP contribution >= 0.6 is 0 Å². The number of para-hydroxylation sites is 1. The summed E-state index contributed by atoms with van der Waals surface area (Å²) in [5, 5.41) is 9.37. The van der Waals surface area contributed by atoms with Crippen LogP contribution < -0.4 is 14.7 Å². The van der Waals surface area contributed by atoms with Crippen LogP contribution in [-0.2, 0) is 0 Å². The molecule has 0 spiro atoms. The van der Waals surface area contributed by atoms with Gasteiger partial charge in [0.2, 0.25) is 0 Å². The Kier molecular flexibility index (Phi) is 9.02. The number of hydrogen-bond acceptors (Lipinski definition) is 7. The molecule has 0 atom stereocenters. The third-order valence-electron chi connectivity index (χ3n) is 11.2. The lowest BCUT2D eigenvalue weighted by atomic mass is 9.99. The van der Waals surface area contributed by atoms with E-state index in [1.807, 2.05) is 97.6 Å². The van der Waals surface area contributed by atoms with Crippen molar-refractivity contribution in [3.8, 4) is 0 Å². The van der Waals surface area contributed by atoms with Crippen LogP contribution in [0.15, 0.2) is 225 Å². The fourth-order valence-corrected chi connectivity index (χ4v) is 8.38. The summed E-state index contributed by atoms with van der Waals surface area (Å²) in [6.07, 6.45) is 7.26. The average molecular weight is 784 g/mol. The van der Waals surface area contributed by atoms with Gasteiger partial charge in [0.05, 0.1) is 0 Å². The molecule has 0 aliphatic heterocycles. The average Bonchev–Trinajstić information content (AvgIpc) is 3.33. The highest BCUT2D eigenvalue weighted by Gasteiger charge is 2.19. The van der Waals surface area contributed by atoms with Crippen LogP contribution in [0.2, 0.25) is 0 Å². The summed E-state index contributed by atoms with van der Waals surface area (Å²) < 4.78 is 0. The first-order valence-electron chi connectivity index (χ1n) is 20.3. The van der Waals surface area contributed by atoms with E-state index >= 15 is 0 Å². The molecule has 288 valence electrons. The summed E-state index contributed by atoms with van der Waals surface area (Å²) in [6, 6.07) is 70.0. The molecular formula is C54H37N7. The molecule has 0 fully saturated rings. The summed E-state index contributed by atoms with van der Waals surface area (Å²) >= 11 is 0. The van der Waals surface area contributed by atoms with E-state index in [0.29, 0.717) is 0 Å². The van der Waals surface area contributed by atoms with Crippen molar-refractivity contribution in [1.82, 2.24) is 19.9 Å². The van der Waals surface area contributed by atoms with Crippen molar-refractivity contribution < 1.29 is 0 Å². The maximum Gasteiger partial charge on any atom is 0.138 e. The molecule has 0 unspecified atom stereocenters. The van der Waals surface area contributed by atoms with E-state index in [2.05, 4.69) is 162 Å². The molecule has 0 aliphatic rings. The molecule has 11 rings (SSSR count). The lowest BCUT2D eigenvalue weighted by Crippen LogP contribution is -2.12. The van der Waals surface area contributed by atoms with Crippen molar-refractivity contribution in [3.63, 3.8) is 0 Å². The summed E-state index contributed by atoms with van der Waals surface area (Å²) in [6.45, 7) is 0. The van der Waals surface area contributed by atoms with E-state index in [0.717, 1.165) is 73.3 Å². The van der Waals surface area contributed by atoms with Crippen molar-refractivity contribution in [3.05, 3.63) is 225 Å². The predicted molar refractivity (Wildman–Crippen MR) is 252 cm³/mol. The molecular weight excluding hydrogens is 747 g/mol. The number of fused-ring (bicyclic) bond motifs is 6. The Morgan fingerprint density at radius 3 is 0.820 bits per heavy atom. The van der Waals surface area contributed by atoms with Crippen LogP contribution in [0, 0.1) is 0 Å². The van der Waals surface area contributed by atoms with Crippen LogP contribution in [0.25, 0.3) is 43.1 Å². The van der Waals surface area contributed by atoms with Gasteiger partial charge in [-0.25, -0.2) is 19.9 Å². The molecule has 0 radical (unpaired) electrons. The molecule has 61 heavy (non-hydrogen) atoms. The van der Waals surface area contributed by atoms with Crippen molar-refractivity contribution in [2.45, 2.75) is 0 Å². The zero-order chi connectivity index (χ0) is 40.5. The van der Waals surface area contributed by atoms with Gasteiger partial charge in [-0.2, -0.15) is 0 Å². The van der Waals surface area contributed by atoms with Crippen LogP contribution in [0.3, 0.4) is 0 Å². The minimum Gasteiger partial charge on any atom is -0.310 e. The van der Waals surface area contributed by atoms with Crippen molar-refractivity contribution in [2.75, 3.05) is 14.7 Å². The van der Waals surface area contributed by atoms with E-state index in [9.17, 15) is 0 Å².